The van der Waals surface area contributed by atoms with Crippen molar-refractivity contribution >= 4 is 28.9 Å². The number of Topliss-reactive ketones (excluding diaryl/α,β-unsaturated/α-hetero) is 1. The Morgan fingerprint density at radius 1 is 1.00 bits per heavy atom. The molecule has 0 aliphatic carbocycles. The van der Waals surface area contributed by atoms with Crippen LogP contribution >= 0.6 is 11.6 Å². The van der Waals surface area contributed by atoms with Crippen molar-refractivity contribution in [2.24, 2.45) is 7.05 Å². The topological polar surface area (TPSA) is 72.5 Å². The molecule has 0 unspecified atom stereocenters. The summed E-state index contributed by atoms with van der Waals surface area (Å²) in [5.74, 6) is -1.57. The number of hydrogen-bond acceptors (Lipinski definition) is 4. The van der Waals surface area contributed by atoms with Crippen molar-refractivity contribution in [1.29, 1.82) is 0 Å². The first-order valence-electron chi connectivity index (χ1n) is 11.6. The molecular formula is C28H23ClFN5O2. The monoisotopic (exact) mass is 515 g/mol. The number of aryl methyl sites for hydroxylation is 1. The average Bonchev–Trinajstić information content (AvgIpc) is 3.52. The van der Waals surface area contributed by atoms with E-state index in [9.17, 15) is 9.59 Å². The van der Waals surface area contributed by atoms with E-state index < -0.39 is 17.8 Å². The van der Waals surface area contributed by atoms with E-state index in [-0.39, 0.29) is 11.3 Å². The highest BCUT2D eigenvalue weighted by atomic mass is 35.5. The van der Waals surface area contributed by atoms with Crippen LogP contribution in [0.25, 0.3) is 28.0 Å². The van der Waals surface area contributed by atoms with E-state index >= 15 is 4.39 Å². The predicted octanol–water partition coefficient (Wildman–Crippen LogP) is 5.54. The van der Waals surface area contributed by atoms with Gasteiger partial charge >= 0.3 is 0 Å². The predicted molar refractivity (Wildman–Crippen MR) is 140 cm³/mol. The van der Waals surface area contributed by atoms with Crippen molar-refractivity contribution in [3.05, 3.63) is 101 Å². The van der Waals surface area contributed by atoms with Crippen LogP contribution in [0.15, 0.2) is 79.4 Å². The SMILES string of the molecule is C[C@@H](C(=O)c1cccc(Cl)c1)N(C)C(=O)c1ccc(-c2cnc3ccc(-c4cnn(C)c4)cn23)cc1F. The molecule has 1 amide bonds. The number of fused-ring (bicyclic) bond motifs is 1. The maximum atomic E-state index is 15.2. The molecule has 5 rings (SSSR count). The van der Waals surface area contributed by atoms with Gasteiger partial charge in [0.05, 0.1) is 29.7 Å². The van der Waals surface area contributed by atoms with Gasteiger partial charge < -0.3 is 4.90 Å². The highest BCUT2D eigenvalue weighted by molar-refractivity contribution is 6.31. The van der Waals surface area contributed by atoms with Gasteiger partial charge in [0, 0.05) is 53.8 Å². The molecule has 0 fully saturated rings. The number of halogens is 2. The van der Waals surface area contributed by atoms with E-state index in [0.717, 1.165) is 11.1 Å². The van der Waals surface area contributed by atoms with E-state index in [1.54, 1.807) is 54.3 Å². The van der Waals surface area contributed by atoms with E-state index in [1.165, 1.54) is 24.1 Å². The Labute approximate surface area is 217 Å². The Morgan fingerprint density at radius 2 is 1.78 bits per heavy atom. The van der Waals surface area contributed by atoms with Crippen LogP contribution in [0.1, 0.15) is 27.6 Å². The zero-order valence-electron chi connectivity index (χ0n) is 20.4. The van der Waals surface area contributed by atoms with Gasteiger partial charge in [-0.3, -0.25) is 18.7 Å². The first kappa shape index (κ1) is 24.4. The second-order valence-electron chi connectivity index (χ2n) is 8.85. The summed E-state index contributed by atoms with van der Waals surface area (Å²) in [6, 6.07) is 14.0. The summed E-state index contributed by atoms with van der Waals surface area (Å²) in [5.41, 5.74) is 4.09. The lowest BCUT2D eigenvalue weighted by Gasteiger charge is -2.24. The third-order valence-corrected chi connectivity index (χ3v) is 6.66. The van der Waals surface area contributed by atoms with Gasteiger partial charge in [0.25, 0.3) is 5.91 Å². The lowest BCUT2D eigenvalue weighted by atomic mass is 10.0. The molecule has 0 aliphatic rings. The number of carbonyl (C=O) groups excluding carboxylic acids is 2. The maximum Gasteiger partial charge on any atom is 0.257 e. The molecule has 5 aromatic rings. The van der Waals surface area contributed by atoms with E-state index in [0.29, 0.717) is 27.5 Å². The smallest absolute Gasteiger partial charge is 0.257 e. The number of carbonyl (C=O) groups is 2. The minimum Gasteiger partial charge on any atom is -0.331 e. The molecule has 0 saturated carbocycles. The fourth-order valence-corrected chi connectivity index (χ4v) is 4.40. The fourth-order valence-electron chi connectivity index (χ4n) is 4.21. The van der Waals surface area contributed by atoms with E-state index in [1.807, 2.05) is 36.0 Å². The lowest BCUT2D eigenvalue weighted by molar-refractivity contribution is 0.0671. The van der Waals surface area contributed by atoms with E-state index in [2.05, 4.69) is 10.1 Å². The minimum absolute atomic E-state index is 0.123. The Hall–Kier alpha value is -4.30. The van der Waals surface area contributed by atoms with Crippen LogP contribution in [0.5, 0.6) is 0 Å². The van der Waals surface area contributed by atoms with Crippen LogP contribution in [0, 0.1) is 5.82 Å². The molecule has 7 nitrogen and oxygen atoms in total. The third-order valence-electron chi connectivity index (χ3n) is 6.43. The second kappa shape index (κ2) is 9.63. The van der Waals surface area contributed by atoms with Crippen molar-refractivity contribution in [1.82, 2.24) is 24.1 Å². The van der Waals surface area contributed by atoms with E-state index in [4.69, 9.17) is 11.6 Å². The summed E-state index contributed by atoms with van der Waals surface area (Å²) in [6.45, 7) is 1.60. The Kier molecular flexibility index (Phi) is 6.35. The zero-order chi connectivity index (χ0) is 26.3. The number of nitrogens with zero attached hydrogens (tertiary/aromatic N) is 5. The molecule has 186 valence electrons. The first-order valence-corrected chi connectivity index (χ1v) is 11.9. The summed E-state index contributed by atoms with van der Waals surface area (Å²) in [7, 11) is 3.33. The molecule has 0 aliphatic heterocycles. The van der Waals surface area contributed by atoms with Gasteiger partial charge in [0.2, 0.25) is 0 Å². The molecule has 9 heteroatoms. The number of aromatic nitrogens is 4. The molecule has 0 saturated heterocycles. The molecule has 0 radical (unpaired) electrons. The molecule has 37 heavy (non-hydrogen) atoms. The van der Waals surface area contributed by atoms with Gasteiger partial charge in [-0.1, -0.05) is 29.8 Å². The van der Waals surface area contributed by atoms with Crippen LogP contribution in [0.4, 0.5) is 4.39 Å². The molecule has 3 aromatic heterocycles. The first-order chi connectivity index (χ1) is 17.7. The number of benzene rings is 2. The quantitative estimate of drug-likeness (QED) is 0.278. The zero-order valence-corrected chi connectivity index (χ0v) is 21.1. The summed E-state index contributed by atoms with van der Waals surface area (Å²) in [6.07, 6.45) is 7.26. The molecule has 3 heterocycles. The van der Waals surface area contributed by atoms with Crippen molar-refractivity contribution < 1.29 is 14.0 Å². The van der Waals surface area contributed by atoms with Crippen LogP contribution in [-0.2, 0) is 7.05 Å². The maximum absolute atomic E-state index is 15.2. The summed E-state index contributed by atoms with van der Waals surface area (Å²) in [4.78, 5) is 31.6. The largest absolute Gasteiger partial charge is 0.331 e. The van der Waals surface area contributed by atoms with Gasteiger partial charge in [0.1, 0.15) is 11.5 Å². The van der Waals surface area contributed by atoms with Gasteiger partial charge in [0.15, 0.2) is 5.78 Å². The summed E-state index contributed by atoms with van der Waals surface area (Å²) < 4.78 is 18.8. The summed E-state index contributed by atoms with van der Waals surface area (Å²) in [5, 5.41) is 4.64. The number of pyridine rings is 1. The molecule has 0 bridgehead atoms. The fraction of sp³-hybridized carbons (Fsp3) is 0.143. The van der Waals surface area contributed by atoms with Crippen LogP contribution < -0.4 is 0 Å². The highest BCUT2D eigenvalue weighted by Crippen LogP contribution is 2.27. The minimum atomic E-state index is -0.810. The molecule has 0 spiro atoms. The van der Waals surface area contributed by atoms with Crippen molar-refractivity contribution in [3.63, 3.8) is 0 Å². The molecule has 0 N–H and O–H groups in total. The third kappa shape index (κ3) is 4.63. The average molecular weight is 516 g/mol. The standard InChI is InChI=1S/C28H23ClFN5O2/c1-17(27(36)19-5-4-6-22(29)11-19)34(3)28(37)23-9-7-18(12-24(23)30)25-14-31-26-10-8-20(16-35(25)26)21-13-32-33(2)15-21/h4-17H,1-3H3/t17-/m0/s1. The normalized spacial score (nSPS) is 12.0. The van der Waals surface area contributed by atoms with Gasteiger partial charge in [-0.2, -0.15) is 5.10 Å². The van der Waals surface area contributed by atoms with Gasteiger partial charge in [-0.25, -0.2) is 9.37 Å². The molecule has 2 aromatic carbocycles. The van der Waals surface area contributed by atoms with Crippen molar-refractivity contribution in [3.8, 4) is 22.4 Å². The van der Waals surface area contributed by atoms with Crippen molar-refractivity contribution in [2.75, 3.05) is 7.05 Å². The molecular weight excluding hydrogens is 493 g/mol. The van der Waals surface area contributed by atoms with Crippen LogP contribution in [0.3, 0.4) is 0 Å². The number of rotatable bonds is 6. The van der Waals surface area contributed by atoms with Gasteiger partial charge in [-0.05, 0) is 43.3 Å². The summed E-state index contributed by atoms with van der Waals surface area (Å²) >= 11 is 5.99. The Morgan fingerprint density at radius 3 is 2.49 bits per heavy atom. The number of hydrogen-bond donors (Lipinski definition) is 0. The highest BCUT2D eigenvalue weighted by Gasteiger charge is 2.26. The Bertz CT molecular complexity index is 1660. The number of amides is 1. The van der Waals surface area contributed by atoms with Crippen molar-refractivity contribution in [2.45, 2.75) is 13.0 Å². The Balaban J connectivity index is 1.42. The molecule has 1 atom stereocenters. The number of likely N-dealkylation sites (N-methyl/N-ethyl adjacent to an activating group) is 1. The van der Waals surface area contributed by atoms with Gasteiger partial charge in [-0.15, -0.1) is 0 Å². The van der Waals surface area contributed by atoms with Crippen LogP contribution in [-0.4, -0.2) is 48.8 Å². The van der Waals surface area contributed by atoms with Crippen LogP contribution in [0.2, 0.25) is 5.02 Å². The lowest BCUT2D eigenvalue weighted by Crippen LogP contribution is -2.40. The number of imidazole rings is 1. The number of ketones is 1. The second-order valence-corrected chi connectivity index (χ2v) is 9.29.